The largest absolute Gasteiger partial charge is 0.493 e. The molecule has 2 aromatic heterocycles. The van der Waals surface area contributed by atoms with Crippen molar-refractivity contribution in [2.24, 2.45) is 0 Å². The molecule has 10 heteroatoms. The summed E-state index contributed by atoms with van der Waals surface area (Å²) in [5.41, 5.74) is 0.950. The number of fused-ring (bicyclic) bond motifs is 1. The number of thiazole rings is 1. The van der Waals surface area contributed by atoms with Gasteiger partial charge in [0, 0.05) is 26.2 Å². The summed E-state index contributed by atoms with van der Waals surface area (Å²) in [6.45, 7) is 5.44. The molecular weight excluding hydrogens is 406 g/mol. The van der Waals surface area contributed by atoms with E-state index in [-0.39, 0.29) is 11.9 Å². The van der Waals surface area contributed by atoms with Crippen LogP contribution in [0.1, 0.15) is 22.3 Å². The minimum atomic E-state index is -0.193. The molecule has 30 heavy (non-hydrogen) atoms. The van der Waals surface area contributed by atoms with Gasteiger partial charge in [0.25, 0.3) is 0 Å². The highest BCUT2D eigenvalue weighted by atomic mass is 32.1. The SMILES string of the molecule is COc1cc([C@@H](c2sc3nc(C)nn3c2O)N2CCN(C)CC2)cc(OC)c1OC. The summed E-state index contributed by atoms with van der Waals surface area (Å²) in [5, 5.41) is 15.3. The summed E-state index contributed by atoms with van der Waals surface area (Å²) in [7, 11) is 6.92. The average molecular weight is 434 g/mol. The second-order valence-electron chi connectivity index (χ2n) is 7.34. The Morgan fingerprint density at radius 1 is 1.03 bits per heavy atom. The molecule has 0 radical (unpaired) electrons. The van der Waals surface area contributed by atoms with E-state index in [0.29, 0.717) is 28.0 Å². The number of likely N-dealkylation sites (N-methyl/N-ethyl adjacent to an activating group) is 1. The van der Waals surface area contributed by atoms with Crippen LogP contribution in [0, 0.1) is 6.92 Å². The molecule has 0 unspecified atom stereocenters. The maximum absolute atomic E-state index is 11.0. The third kappa shape index (κ3) is 3.55. The van der Waals surface area contributed by atoms with Crippen LogP contribution >= 0.6 is 11.3 Å². The van der Waals surface area contributed by atoms with Crippen LogP contribution in [0.25, 0.3) is 4.96 Å². The fourth-order valence-corrected chi connectivity index (χ4v) is 5.06. The maximum atomic E-state index is 11.0. The molecule has 1 N–H and O–H groups in total. The topological polar surface area (TPSA) is 84.6 Å². The Balaban J connectivity index is 1.87. The van der Waals surface area contributed by atoms with E-state index < -0.39 is 0 Å². The van der Waals surface area contributed by atoms with E-state index in [0.717, 1.165) is 36.6 Å². The van der Waals surface area contributed by atoms with E-state index in [1.165, 1.54) is 15.9 Å². The van der Waals surface area contributed by atoms with Gasteiger partial charge in [0.1, 0.15) is 5.82 Å². The van der Waals surface area contributed by atoms with Crippen molar-refractivity contribution in [2.75, 3.05) is 54.6 Å². The van der Waals surface area contributed by atoms with Gasteiger partial charge in [-0.3, -0.25) is 4.90 Å². The summed E-state index contributed by atoms with van der Waals surface area (Å²) < 4.78 is 18.2. The van der Waals surface area contributed by atoms with Gasteiger partial charge in [-0.2, -0.15) is 4.52 Å². The molecule has 0 amide bonds. The van der Waals surface area contributed by atoms with Gasteiger partial charge in [-0.15, -0.1) is 5.10 Å². The third-order valence-corrected chi connectivity index (χ3v) is 6.53. The zero-order valence-corrected chi connectivity index (χ0v) is 18.7. The first-order chi connectivity index (χ1) is 14.5. The third-order valence-electron chi connectivity index (χ3n) is 5.46. The summed E-state index contributed by atoms with van der Waals surface area (Å²) in [6, 6.07) is 3.71. The predicted molar refractivity (Wildman–Crippen MR) is 114 cm³/mol. The van der Waals surface area contributed by atoms with E-state index in [4.69, 9.17) is 14.2 Å². The number of rotatable bonds is 6. The van der Waals surface area contributed by atoms with Crippen LogP contribution in [0.2, 0.25) is 0 Å². The molecule has 0 spiro atoms. The Kier molecular flexibility index (Phi) is 5.72. The van der Waals surface area contributed by atoms with Crippen molar-refractivity contribution in [1.82, 2.24) is 24.4 Å². The molecule has 0 saturated carbocycles. The first kappa shape index (κ1) is 20.7. The highest BCUT2D eigenvalue weighted by Crippen LogP contribution is 2.45. The maximum Gasteiger partial charge on any atom is 0.230 e. The van der Waals surface area contributed by atoms with Crippen molar-refractivity contribution in [3.63, 3.8) is 0 Å². The average Bonchev–Trinajstić information content (AvgIpc) is 3.25. The van der Waals surface area contributed by atoms with E-state index in [1.807, 2.05) is 19.1 Å². The first-order valence-electron chi connectivity index (χ1n) is 9.74. The van der Waals surface area contributed by atoms with E-state index in [2.05, 4.69) is 26.9 Å². The second-order valence-corrected chi connectivity index (χ2v) is 8.35. The van der Waals surface area contributed by atoms with Crippen LogP contribution in [0.15, 0.2) is 12.1 Å². The van der Waals surface area contributed by atoms with Crippen molar-refractivity contribution >= 4 is 16.3 Å². The number of benzene rings is 1. The van der Waals surface area contributed by atoms with Crippen LogP contribution in [-0.4, -0.2) is 84.1 Å². The molecule has 162 valence electrons. The lowest BCUT2D eigenvalue weighted by Gasteiger charge is -2.38. The van der Waals surface area contributed by atoms with Crippen LogP contribution in [0.5, 0.6) is 23.1 Å². The van der Waals surface area contributed by atoms with Crippen LogP contribution in [0.4, 0.5) is 0 Å². The molecule has 0 aliphatic carbocycles. The number of aromatic nitrogens is 3. The normalized spacial score (nSPS) is 16.7. The molecule has 3 heterocycles. The Morgan fingerprint density at radius 3 is 2.20 bits per heavy atom. The van der Waals surface area contributed by atoms with Gasteiger partial charge >= 0.3 is 0 Å². The molecule has 3 aromatic rings. The van der Waals surface area contributed by atoms with Crippen molar-refractivity contribution in [2.45, 2.75) is 13.0 Å². The number of piperazine rings is 1. The van der Waals surface area contributed by atoms with Gasteiger partial charge in [0.2, 0.25) is 16.6 Å². The molecular formula is C20H27N5O4S. The first-order valence-corrected chi connectivity index (χ1v) is 10.6. The van der Waals surface area contributed by atoms with Crippen molar-refractivity contribution in [3.8, 4) is 23.1 Å². The fourth-order valence-electron chi connectivity index (χ4n) is 3.89. The van der Waals surface area contributed by atoms with Gasteiger partial charge in [-0.05, 0) is 31.7 Å². The van der Waals surface area contributed by atoms with Gasteiger partial charge in [0.15, 0.2) is 11.5 Å². The Bertz CT molecular complexity index is 1020. The van der Waals surface area contributed by atoms with Crippen molar-refractivity contribution in [1.29, 1.82) is 0 Å². The standard InChI is InChI=1S/C20H27N5O4S/c1-12-21-20-25(22-12)19(26)18(30-20)16(24-8-6-23(2)7-9-24)13-10-14(27-3)17(29-5)15(11-13)28-4/h10-11,16,26H,6-9H2,1-5H3/t16-/m0/s1. The molecule has 1 aliphatic rings. The molecule has 9 nitrogen and oxygen atoms in total. The number of ether oxygens (including phenoxy) is 3. The monoisotopic (exact) mass is 433 g/mol. The molecule has 1 aromatic carbocycles. The van der Waals surface area contributed by atoms with Crippen LogP contribution < -0.4 is 14.2 Å². The molecule has 1 aliphatic heterocycles. The van der Waals surface area contributed by atoms with E-state index in [9.17, 15) is 5.11 Å². The van der Waals surface area contributed by atoms with Gasteiger partial charge in [-0.1, -0.05) is 11.3 Å². The summed E-state index contributed by atoms with van der Waals surface area (Å²) in [4.78, 5) is 10.6. The highest BCUT2D eigenvalue weighted by Gasteiger charge is 2.32. The minimum Gasteiger partial charge on any atom is -0.493 e. The van der Waals surface area contributed by atoms with Crippen LogP contribution in [0.3, 0.4) is 0 Å². The number of aryl methyl sites for hydroxylation is 1. The number of methoxy groups -OCH3 is 3. The lowest BCUT2D eigenvalue weighted by Crippen LogP contribution is -2.46. The van der Waals surface area contributed by atoms with Crippen molar-refractivity contribution < 1.29 is 19.3 Å². The molecule has 1 saturated heterocycles. The smallest absolute Gasteiger partial charge is 0.230 e. The highest BCUT2D eigenvalue weighted by molar-refractivity contribution is 7.17. The minimum absolute atomic E-state index is 0.119. The van der Waals surface area contributed by atoms with Gasteiger partial charge < -0.3 is 24.2 Å². The molecule has 1 fully saturated rings. The summed E-state index contributed by atoms with van der Waals surface area (Å²) in [6.07, 6.45) is 0. The number of hydrogen-bond donors (Lipinski definition) is 1. The Labute approximate surface area is 179 Å². The van der Waals surface area contributed by atoms with Gasteiger partial charge in [0.05, 0.1) is 32.2 Å². The molecule has 4 rings (SSSR count). The predicted octanol–water partition coefficient (Wildman–Crippen LogP) is 2.17. The Hall–Kier alpha value is -2.56. The number of aromatic hydroxyl groups is 1. The van der Waals surface area contributed by atoms with Gasteiger partial charge in [-0.25, -0.2) is 4.98 Å². The number of hydrogen-bond acceptors (Lipinski definition) is 9. The number of nitrogens with zero attached hydrogens (tertiary/aromatic N) is 5. The van der Waals surface area contributed by atoms with E-state index >= 15 is 0 Å². The summed E-state index contributed by atoms with van der Waals surface area (Å²) >= 11 is 1.45. The molecule has 1 atom stereocenters. The van der Waals surface area contributed by atoms with Crippen molar-refractivity contribution in [3.05, 3.63) is 28.4 Å². The zero-order valence-electron chi connectivity index (χ0n) is 17.9. The molecule has 0 bridgehead atoms. The lowest BCUT2D eigenvalue weighted by atomic mass is 10.0. The zero-order chi connectivity index (χ0) is 21.4. The lowest BCUT2D eigenvalue weighted by molar-refractivity contribution is 0.127. The van der Waals surface area contributed by atoms with E-state index in [1.54, 1.807) is 21.3 Å². The summed E-state index contributed by atoms with van der Waals surface area (Å²) in [5.74, 6) is 2.46. The fraction of sp³-hybridized carbons (Fsp3) is 0.500. The quantitative estimate of drug-likeness (QED) is 0.633. The van der Waals surface area contributed by atoms with Crippen LogP contribution in [-0.2, 0) is 0 Å². The Morgan fingerprint density at radius 2 is 1.67 bits per heavy atom. The second kappa shape index (κ2) is 8.29.